The van der Waals surface area contributed by atoms with E-state index >= 15 is 0 Å². The quantitative estimate of drug-likeness (QED) is 0.529. The van der Waals surface area contributed by atoms with Crippen LogP contribution in [0.1, 0.15) is 22.9 Å². The van der Waals surface area contributed by atoms with Crippen molar-refractivity contribution in [3.05, 3.63) is 83.8 Å². The van der Waals surface area contributed by atoms with Gasteiger partial charge in [-0.25, -0.2) is 4.68 Å². The second-order valence-corrected chi connectivity index (χ2v) is 7.67. The van der Waals surface area contributed by atoms with Gasteiger partial charge in [-0.05, 0) is 18.1 Å². The fraction of sp³-hybridized carbons (Fsp3) is 0.130. The van der Waals surface area contributed by atoms with E-state index in [0.717, 1.165) is 22.9 Å². The summed E-state index contributed by atoms with van der Waals surface area (Å²) in [4.78, 5) is 25.3. The molecule has 0 radical (unpaired) electrons. The fourth-order valence-corrected chi connectivity index (χ4v) is 4.52. The van der Waals surface area contributed by atoms with Gasteiger partial charge in [0.1, 0.15) is 5.69 Å². The summed E-state index contributed by atoms with van der Waals surface area (Å²) in [7, 11) is 0. The van der Waals surface area contributed by atoms with Crippen LogP contribution in [-0.4, -0.2) is 31.4 Å². The Labute approximate surface area is 171 Å². The minimum Gasteiger partial charge on any atom is -0.342 e. The Morgan fingerprint density at radius 3 is 2.57 bits per heavy atom. The second kappa shape index (κ2) is 6.25. The Morgan fingerprint density at radius 1 is 0.933 bits per heavy atom. The number of nitrogens with one attached hydrogen (secondary N) is 1. The monoisotopic (exact) mass is 395 g/mol. The molecule has 2 aromatic carbocycles. The van der Waals surface area contributed by atoms with Crippen LogP contribution in [-0.2, 0) is 22.6 Å². The molecule has 4 aromatic rings. The van der Waals surface area contributed by atoms with Crippen molar-refractivity contribution in [2.24, 2.45) is 0 Å². The first-order valence-electron chi connectivity index (χ1n) is 9.83. The summed E-state index contributed by atoms with van der Waals surface area (Å²) in [6.45, 7) is 0.595. The smallest absolute Gasteiger partial charge is 0.261 e. The summed E-state index contributed by atoms with van der Waals surface area (Å²) in [6, 6.07) is 18.3. The van der Waals surface area contributed by atoms with E-state index in [4.69, 9.17) is 0 Å². The van der Waals surface area contributed by atoms with Crippen molar-refractivity contribution >= 4 is 33.9 Å². The molecule has 2 amide bonds. The molecule has 146 valence electrons. The normalized spacial score (nSPS) is 17.9. The Morgan fingerprint density at radius 2 is 1.70 bits per heavy atom. The maximum absolute atomic E-state index is 12.8. The highest BCUT2D eigenvalue weighted by molar-refractivity contribution is 6.49. The van der Waals surface area contributed by atoms with E-state index in [-0.39, 0.29) is 11.6 Å². The third-order valence-electron chi connectivity index (χ3n) is 5.84. The molecule has 0 saturated carbocycles. The Bertz CT molecular complexity index is 1360. The van der Waals surface area contributed by atoms with Crippen molar-refractivity contribution in [1.29, 1.82) is 0 Å². The average molecular weight is 395 g/mol. The number of imide groups is 1. The summed E-state index contributed by atoms with van der Waals surface area (Å²) in [5.41, 5.74) is 4.06. The lowest BCUT2D eigenvalue weighted by Crippen LogP contribution is -2.22. The predicted octanol–water partition coefficient (Wildman–Crippen LogP) is 2.60. The van der Waals surface area contributed by atoms with E-state index in [0.29, 0.717) is 17.8 Å². The van der Waals surface area contributed by atoms with Gasteiger partial charge in [-0.3, -0.25) is 14.9 Å². The number of benzene rings is 2. The molecule has 0 fully saturated rings. The topological polar surface area (TPSA) is 81.8 Å². The molecule has 1 N–H and O–H groups in total. The third-order valence-corrected chi connectivity index (χ3v) is 5.84. The van der Waals surface area contributed by atoms with Gasteiger partial charge in [0, 0.05) is 22.7 Å². The molecule has 1 unspecified atom stereocenters. The van der Waals surface area contributed by atoms with Gasteiger partial charge in [0.25, 0.3) is 11.8 Å². The molecule has 4 heterocycles. The number of carbonyl (C=O) groups is 2. The third kappa shape index (κ3) is 2.45. The van der Waals surface area contributed by atoms with Crippen LogP contribution in [0, 0.1) is 0 Å². The van der Waals surface area contributed by atoms with E-state index in [2.05, 4.69) is 38.4 Å². The van der Waals surface area contributed by atoms with Gasteiger partial charge in [-0.15, -0.1) is 5.10 Å². The lowest BCUT2D eigenvalue weighted by atomic mass is 9.99. The van der Waals surface area contributed by atoms with Gasteiger partial charge in [-0.1, -0.05) is 53.7 Å². The number of carbonyl (C=O) groups excluding carboxylic acids is 2. The Balaban J connectivity index is 1.64. The molecule has 2 aliphatic heterocycles. The highest BCUT2D eigenvalue weighted by Gasteiger charge is 2.36. The molecule has 6 rings (SSSR count). The lowest BCUT2D eigenvalue weighted by molar-refractivity contribution is -0.122. The number of rotatable bonds is 2. The zero-order valence-electron chi connectivity index (χ0n) is 15.9. The van der Waals surface area contributed by atoms with Crippen molar-refractivity contribution in [3.63, 3.8) is 0 Å². The minimum absolute atomic E-state index is 0.0583. The summed E-state index contributed by atoms with van der Waals surface area (Å²) in [6.07, 6.45) is 4.55. The number of hydrogen-bond donors (Lipinski definition) is 1. The highest BCUT2D eigenvalue weighted by atomic mass is 16.2. The van der Waals surface area contributed by atoms with Crippen molar-refractivity contribution in [2.45, 2.75) is 19.0 Å². The maximum Gasteiger partial charge on any atom is 0.261 e. The number of aromatic nitrogens is 4. The fourth-order valence-electron chi connectivity index (χ4n) is 4.52. The molecular formula is C23H17N5O2. The van der Waals surface area contributed by atoms with Crippen molar-refractivity contribution in [2.75, 3.05) is 0 Å². The summed E-state index contributed by atoms with van der Waals surface area (Å²) < 4.78 is 3.95. The molecule has 0 aliphatic carbocycles. The molecule has 7 heteroatoms. The zero-order valence-corrected chi connectivity index (χ0v) is 15.9. The first-order chi connectivity index (χ1) is 14.7. The summed E-state index contributed by atoms with van der Waals surface area (Å²) in [5, 5.41) is 11.8. The van der Waals surface area contributed by atoms with E-state index in [1.807, 2.05) is 42.6 Å². The number of para-hydroxylation sites is 1. The van der Waals surface area contributed by atoms with Crippen LogP contribution in [0.3, 0.4) is 0 Å². The SMILES string of the molecule is O=C1NC(=O)C2=C1c1cn(nn1)CC(Cc1ccccc1)n1cc2c2ccccc21. The molecule has 4 bridgehead atoms. The Hall–Kier alpha value is -4.00. The van der Waals surface area contributed by atoms with E-state index in [1.165, 1.54) is 5.56 Å². The van der Waals surface area contributed by atoms with E-state index in [1.54, 1.807) is 10.9 Å². The summed E-state index contributed by atoms with van der Waals surface area (Å²) >= 11 is 0. The van der Waals surface area contributed by atoms with Gasteiger partial charge in [-0.2, -0.15) is 0 Å². The van der Waals surface area contributed by atoms with Gasteiger partial charge in [0.05, 0.1) is 29.9 Å². The first-order valence-corrected chi connectivity index (χ1v) is 9.83. The second-order valence-electron chi connectivity index (χ2n) is 7.67. The van der Waals surface area contributed by atoms with Crippen molar-refractivity contribution < 1.29 is 9.59 Å². The standard InChI is InChI=1S/C23H17N5O2/c29-22-20-17-12-28(19-9-5-4-8-16(17)19)15(10-14-6-2-1-3-7-14)11-27-13-18(25-26-27)21(20)23(30)24-22/h1-9,12-13,15H,10-11H2,(H,24,29,30). The van der Waals surface area contributed by atoms with Gasteiger partial charge in [0.2, 0.25) is 0 Å². The van der Waals surface area contributed by atoms with Gasteiger partial charge < -0.3 is 4.57 Å². The average Bonchev–Trinajstić information content (AvgIpc) is 3.43. The van der Waals surface area contributed by atoms with Crippen molar-refractivity contribution in [1.82, 2.24) is 24.9 Å². The molecule has 2 aromatic heterocycles. The molecule has 2 aliphatic rings. The van der Waals surface area contributed by atoms with Gasteiger partial charge in [0.15, 0.2) is 0 Å². The highest BCUT2D eigenvalue weighted by Crippen LogP contribution is 2.38. The lowest BCUT2D eigenvalue weighted by Gasteiger charge is -2.20. The number of nitrogens with zero attached hydrogens (tertiary/aromatic N) is 4. The number of hydrogen-bond acceptors (Lipinski definition) is 4. The summed E-state index contributed by atoms with van der Waals surface area (Å²) in [5.74, 6) is -0.826. The molecule has 1 atom stereocenters. The molecule has 0 spiro atoms. The molecular weight excluding hydrogens is 378 g/mol. The van der Waals surface area contributed by atoms with Gasteiger partial charge >= 0.3 is 0 Å². The zero-order chi connectivity index (χ0) is 20.2. The van der Waals surface area contributed by atoms with E-state index in [9.17, 15) is 9.59 Å². The molecule has 0 saturated heterocycles. The first kappa shape index (κ1) is 16.9. The number of fused-ring (bicyclic) bond motifs is 9. The van der Waals surface area contributed by atoms with Crippen LogP contribution >= 0.6 is 0 Å². The van der Waals surface area contributed by atoms with E-state index < -0.39 is 11.8 Å². The maximum atomic E-state index is 12.8. The Kier molecular flexibility index (Phi) is 3.52. The number of amides is 2. The van der Waals surface area contributed by atoms with Crippen LogP contribution in [0.4, 0.5) is 0 Å². The van der Waals surface area contributed by atoms with Crippen LogP contribution in [0.15, 0.2) is 67.0 Å². The van der Waals surface area contributed by atoms with Crippen LogP contribution in [0.5, 0.6) is 0 Å². The van der Waals surface area contributed by atoms with Crippen LogP contribution < -0.4 is 5.32 Å². The van der Waals surface area contributed by atoms with Crippen LogP contribution in [0.2, 0.25) is 0 Å². The van der Waals surface area contributed by atoms with Crippen LogP contribution in [0.25, 0.3) is 22.0 Å². The predicted molar refractivity (Wildman–Crippen MR) is 111 cm³/mol. The van der Waals surface area contributed by atoms with Crippen molar-refractivity contribution in [3.8, 4) is 0 Å². The minimum atomic E-state index is -0.430. The molecule has 30 heavy (non-hydrogen) atoms. The largest absolute Gasteiger partial charge is 0.342 e. The molecule has 7 nitrogen and oxygen atoms in total.